The molecule has 1 N–H and O–H groups in total. The van der Waals surface area contributed by atoms with E-state index in [0.29, 0.717) is 6.54 Å². The molecule has 1 aromatic carbocycles. The molecule has 2 aromatic rings. The minimum atomic E-state index is -0.221. The van der Waals surface area contributed by atoms with Crippen molar-refractivity contribution in [3.63, 3.8) is 0 Å². The Labute approximate surface area is 148 Å². The summed E-state index contributed by atoms with van der Waals surface area (Å²) in [6, 6.07) is 10.7. The summed E-state index contributed by atoms with van der Waals surface area (Å²) in [5.74, 6) is 0.557. The maximum atomic E-state index is 13.2. The highest BCUT2D eigenvalue weighted by Gasteiger charge is 2.08. The molecule has 0 bridgehead atoms. The Morgan fingerprint density at radius 2 is 2.09 bits per heavy atom. The highest BCUT2D eigenvalue weighted by atomic mass is 127. The molecule has 0 saturated carbocycles. The normalized spacial score (nSPS) is 11.0. The van der Waals surface area contributed by atoms with Crippen LogP contribution in [0, 0.1) is 5.82 Å². The van der Waals surface area contributed by atoms with E-state index in [4.69, 9.17) is 0 Å². The summed E-state index contributed by atoms with van der Waals surface area (Å²) < 4.78 is 15.2. The molecule has 0 amide bonds. The van der Waals surface area contributed by atoms with Crippen LogP contribution in [0.3, 0.4) is 0 Å². The van der Waals surface area contributed by atoms with Crippen LogP contribution in [-0.2, 0) is 20.1 Å². The Balaban J connectivity index is 0.00000242. The van der Waals surface area contributed by atoms with Crippen molar-refractivity contribution < 1.29 is 4.39 Å². The average Bonchev–Trinajstić information content (AvgIpc) is 2.85. The third-order valence-electron chi connectivity index (χ3n) is 3.36. The number of aromatic nitrogens is 1. The molecule has 0 aliphatic carbocycles. The maximum absolute atomic E-state index is 13.2. The van der Waals surface area contributed by atoms with Crippen LogP contribution in [0.25, 0.3) is 0 Å². The van der Waals surface area contributed by atoms with Crippen molar-refractivity contribution in [2.24, 2.45) is 12.0 Å². The van der Waals surface area contributed by atoms with Crippen LogP contribution in [0.15, 0.2) is 47.6 Å². The molecule has 0 aliphatic heterocycles. The number of hydrogen-bond donors (Lipinski definition) is 1. The van der Waals surface area contributed by atoms with Gasteiger partial charge in [-0.15, -0.1) is 24.0 Å². The number of guanidine groups is 1. The Hall–Kier alpha value is -1.57. The molecule has 0 radical (unpaired) electrons. The second kappa shape index (κ2) is 8.77. The Kier molecular flexibility index (Phi) is 7.37. The zero-order valence-corrected chi connectivity index (χ0v) is 15.4. The molecule has 0 aliphatic rings. The van der Waals surface area contributed by atoms with Crippen LogP contribution in [0.5, 0.6) is 0 Å². The van der Waals surface area contributed by atoms with E-state index in [1.165, 1.54) is 17.8 Å². The molecular formula is C16H22FIN4. The lowest BCUT2D eigenvalue weighted by atomic mass is 10.2. The average molecular weight is 416 g/mol. The van der Waals surface area contributed by atoms with Crippen molar-refractivity contribution in [3.8, 4) is 0 Å². The standard InChI is InChI=1S/C16H21FN4.HI/c1-18-16(19-11-13-6-4-7-14(17)10-13)21(3)12-15-8-5-9-20(15)2;/h4-10H,11-12H2,1-3H3,(H,18,19);1H. The Morgan fingerprint density at radius 1 is 1.32 bits per heavy atom. The smallest absolute Gasteiger partial charge is 0.194 e. The van der Waals surface area contributed by atoms with Crippen molar-refractivity contribution in [1.29, 1.82) is 0 Å². The van der Waals surface area contributed by atoms with Crippen LogP contribution in [0.1, 0.15) is 11.3 Å². The third kappa shape index (κ3) is 5.01. The van der Waals surface area contributed by atoms with E-state index in [2.05, 4.69) is 20.9 Å². The van der Waals surface area contributed by atoms with E-state index in [1.54, 1.807) is 13.1 Å². The molecule has 0 atom stereocenters. The van der Waals surface area contributed by atoms with Crippen molar-refractivity contribution in [2.45, 2.75) is 13.1 Å². The maximum Gasteiger partial charge on any atom is 0.194 e. The van der Waals surface area contributed by atoms with Gasteiger partial charge in [-0.1, -0.05) is 12.1 Å². The van der Waals surface area contributed by atoms with Crippen LogP contribution in [0.2, 0.25) is 0 Å². The first-order chi connectivity index (χ1) is 10.1. The molecule has 0 fully saturated rings. The van der Waals surface area contributed by atoms with Gasteiger partial charge in [0.05, 0.1) is 6.54 Å². The molecule has 0 unspecified atom stereocenters. The van der Waals surface area contributed by atoms with E-state index in [1.807, 2.05) is 37.3 Å². The lowest BCUT2D eigenvalue weighted by Crippen LogP contribution is -2.38. The van der Waals surface area contributed by atoms with Crippen molar-refractivity contribution in [1.82, 2.24) is 14.8 Å². The summed E-state index contributed by atoms with van der Waals surface area (Å²) in [6.07, 6.45) is 2.02. The number of nitrogens with one attached hydrogen (secondary N) is 1. The first-order valence-corrected chi connectivity index (χ1v) is 6.86. The van der Waals surface area contributed by atoms with Gasteiger partial charge in [-0.2, -0.15) is 0 Å². The lowest BCUT2D eigenvalue weighted by Gasteiger charge is -2.22. The second-order valence-corrected chi connectivity index (χ2v) is 5.00. The number of aryl methyl sites for hydroxylation is 1. The Morgan fingerprint density at radius 3 is 2.68 bits per heavy atom. The molecular weight excluding hydrogens is 394 g/mol. The summed E-state index contributed by atoms with van der Waals surface area (Å²) in [5, 5.41) is 3.24. The summed E-state index contributed by atoms with van der Waals surface area (Å²) in [7, 11) is 5.75. The fourth-order valence-electron chi connectivity index (χ4n) is 2.19. The fourth-order valence-corrected chi connectivity index (χ4v) is 2.19. The van der Waals surface area contributed by atoms with Gasteiger partial charge in [0, 0.05) is 39.6 Å². The first kappa shape index (κ1) is 18.5. The second-order valence-electron chi connectivity index (χ2n) is 5.00. The predicted octanol–water partition coefficient (Wildman–Crippen LogP) is 2.99. The van der Waals surface area contributed by atoms with E-state index in [-0.39, 0.29) is 29.8 Å². The molecule has 2 rings (SSSR count). The summed E-state index contributed by atoms with van der Waals surface area (Å²) >= 11 is 0. The molecule has 0 saturated heterocycles. The minimum Gasteiger partial charge on any atom is -0.353 e. The molecule has 120 valence electrons. The van der Waals surface area contributed by atoms with Crippen LogP contribution < -0.4 is 5.32 Å². The molecule has 6 heteroatoms. The monoisotopic (exact) mass is 416 g/mol. The quantitative estimate of drug-likeness (QED) is 0.472. The topological polar surface area (TPSA) is 32.6 Å². The van der Waals surface area contributed by atoms with Gasteiger partial charge >= 0.3 is 0 Å². The van der Waals surface area contributed by atoms with E-state index in [9.17, 15) is 4.39 Å². The predicted molar refractivity (Wildman–Crippen MR) is 98.9 cm³/mol. The SMILES string of the molecule is CN=C(NCc1cccc(F)c1)N(C)Cc1cccn1C.I. The Bertz CT molecular complexity index is 624. The minimum absolute atomic E-state index is 0. The zero-order valence-electron chi connectivity index (χ0n) is 13.1. The fraction of sp³-hybridized carbons (Fsp3) is 0.312. The summed E-state index contributed by atoms with van der Waals surface area (Å²) in [5.41, 5.74) is 2.09. The van der Waals surface area contributed by atoms with Gasteiger partial charge < -0.3 is 14.8 Å². The van der Waals surface area contributed by atoms with Gasteiger partial charge in [0.15, 0.2) is 5.96 Å². The molecule has 22 heavy (non-hydrogen) atoms. The van der Waals surface area contributed by atoms with Gasteiger partial charge in [-0.05, 0) is 29.8 Å². The summed E-state index contributed by atoms with van der Waals surface area (Å²) in [4.78, 5) is 6.30. The highest BCUT2D eigenvalue weighted by Crippen LogP contribution is 2.05. The van der Waals surface area contributed by atoms with Crippen LogP contribution in [-0.4, -0.2) is 29.5 Å². The number of rotatable bonds is 4. The molecule has 1 aromatic heterocycles. The number of halogens is 2. The third-order valence-corrected chi connectivity index (χ3v) is 3.36. The van der Waals surface area contributed by atoms with Crippen LogP contribution in [0.4, 0.5) is 4.39 Å². The van der Waals surface area contributed by atoms with Gasteiger partial charge in [-0.3, -0.25) is 4.99 Å². The molecule has 1 heterocycles. The van der Waals surface area contributed by atoms with E-state index >= 15 is 0 Å². The van der Waals surface area contributed by atoms with E-state index in [0.717, 1.165) is 18.1 Å². The van der Waals surface area contributed by atoms with Gasteiger partial charge in [-0.25, -0.2) is 4.39 Å². The van der Waals surface area contributed by atoms with Gasteiger partial charge in [0.1, 0.15) is 5.82 Å². The van der Waals surface area contributed by atoms with Crippen molar-refractivity contribution >= 4 is 29.9 Å². The number of benzene rings is 1. The van der Waals surface area contributed by atoms with Crippen molar-refractivity contribution in [3.05, 3.63) is 59.7 Å². The van der Waals surface area contributed by atoms with Gasteiger partial charge in [0.2, 0.25) is 0 Å². The molecule has 4 nitrogen and oxygen atoms in total. The number of hydrogen-bond acceptors (Lipinski definition) is 1. The first-order valence-electron chi connectivity index (χ1n) is 6.86. The lowest BCUT2D eigenvalue weighted by molar-refractivity contribution is 0.461. The zero-order chi connectivity index (χ0) is 15.2. The van der Waals surface area contributed by atoms with Crippen molar-refractivity contribution in [2.75, 3.05) is 14.1 Å². The van der Waals surface area contributed by atoms with E-state index < -0.39 is 0 Å². The van der Waals surface area contributed by atoms with Crippen LogP contribution >= 0.6 is 24.0 Å². The largest absolute Gasteiger partial charge is 0.353 e. The number of nitrogens with zero attached hydrogens (tertiary/aromatic N) is 3. The summed E-state index contributed by atoms with van der Waals surface area (Å²) in [6.45, 7) is 1.30. The molecule has 0 spiro atoms. The number of aliphatic imine (C=N–C) groups is 1. The van der Waals surface area contributed by atoms with Gasteiger partial charge in [0.25, 0.3) is 0 Å². The highest BCUT2D eigenvalue weighted by molar-refractivity contribution is 14.0.